The van der Waals surface area contributed by atoms with Crippen LogP contribution in [0.2, 0.25) is 0 Å². The van der Waals surface area contributed by atoms with Gasteiger partial charge in [-0.1, -0.05) is 42.5 Å². The van der Waals surface area contributed by atoms with Gasteiger partial charge >= 0.3 is 0 Å². The van der Waals surface area contributed by atoms with Gasteiger partial charge in [0.15, 0.2) is 11.8 Å². The third kappa shape index (κ3) is 4.74. The molecule has 0 bridgehead atoms. The number of benzene rings is 1. The van der Waals surface area contributed by atoms with Crippen LogP contribution in [0.15, 0.2) is 58.9 Å². The second kappa shape index (κ2) is 9.05. The molecule has 2 aromatic heterocycles. The Morgan fingerprint density at radius 3 is 2.69 bits per heavy atom. The van der Waals surface area contributed by atoms with E-state index >= 15 is 0 Å². The first-order chi connectivity index (χ1) is 14.2. The maximum atomic E-state index is 4.87. The second-order valence-corrected chi connectivity index (χ2v) is 8.12. The van der Waals surface area contributed by atoms with Crippen molar-refractivity contribution < 1.29 is 0 Å². The van der Waals surface area contributed by atoms with Gasteiger partial charge in [0.2, 0.25) is 0 Å². The number of aliphatic imine (C=N–C) groups is 1. The first-order valence-corrected chi connectivity index (χ1v) is 10.7. The van der Waals surface area contributed by atoms with E-state index in [1.165, 1.54) is 16.0 Å². The van der Waals surface area contributed by atoms with Gasteiger partial charge in [0, 0.05) is 25.0 Å². The standard InChI is InChI=1S/C22H26N6S/c1-17-25-26-21(27(17)2)16-24-22(23-15-20-9-6-14-29-20)28-12-10-19(11-13-28)18-7-4-3-5-8-18/h3-10,14H,11-13,15-16H2,1-2H3,(H,23,24). The van der Waals surface area contributed by atoms with Crippen LogP contribution in [-0.2, 0) is 20.1 Å². The maximum Gasteiger partial charge on any atom is 0.194 e. The van der Waals surface area contributed by atoms with Crippen molar-refractivity contribution in [2.75, 3.05) is 13.1 Å². The van der Waals surface area contributed by atoms with Crippen LogP contribution in [0, 0.1) is 6.92 Å². The van der Waals surface area contributed by atoms with Gasteiger partial charge in [-0.25, -0.2) is 4.99 Å². The molecule has 7 heteroatoms. The third-order valence-electron chi connectivity index (χ3n) is 5.21. The summed E-state index contributed by atoms with van der Waals surface area (Å²) in [7, 11) is 1.98. The molecule has 29 heavy (non-hydrogen) atoms. The van der Waals surface area contributed by atoms with E-state index < -0.39 is 0 Å². The Kier molecular flexibility index (Phi) is 6.05. The molecule has 0 fully saturated rings. The van der Waals surface area contributed by atoms with Crippen molar-refractivity contribution in [1.82, 2.24) is 25.0 Å². The van der Waals surface area contributed by atoms with Gasteiger partial charge in [-0.15, -0.1) is 21.5 Å². The zero-order valence-electron chi connectivity index (χ0n) is 16.9. The Morgan fingerprint density at radius 1 is 1.17 bits per heavy atom. The zero-order chi connectivity index (χ0) is 20.1. The highest BCUT2D eigenvalue weighted by atomic mass is 32.1. The Bertz CT molecular complexity index is 988. The lowest BCUT2D eigenvalue weighted by Crippen LogP contribution is -2.43. The highest BCUT2D eigenvalue weighted by Crippen LogP contribution is 2.22. The molecular weight excluding hydrogens is 380 g/mol. The smallest absolute Gasteiger partial charge is 0.194 e. The minimum absolute atomic E-state index is 0.510. The molecule has 1 aliphatic rings. The minimum Gasteiger partial charge on any atom is -0.351 e. The van der Waals surface area contributed by atoms with Crippen LogP contribution in [-0.4, -0.2) is 38.7 Å². The van der Waals surface area contributed by atoms with Crippen LogP contribution in [0.4, 0.5) is 0 Å². The van der Waals surface area contributed by atoms with Crippen molar-refractivity contribution >= 4 is 22.9 Å². The summed E-state index contributed by atoms with van der Waals surface area (Å²) in [6, 6.07) is 14.8. The highest BCUT2D eigenvalue weighted by Gasteiger charge is 2.17. The van der Waals surface area contributed by atoms with Crippen molar-refractivity contribution in [3.05, 3.63) is 76.0 Å². The van der Waals surface area contributed by atoms with Gasteiger partial charge in [-0.3, -0.25) is 0 Å². The van der Waals surface area contributed by atoms with Crippen LogP contribution >= 0.6 is 11.3 Å². The number of nitrogens with one attached hydrogen (secondary N) is 1. The van der Waals surface area contributed by atoms with E-state index in [4.69, 9.17) is 4.99 Å². The normalized spacial score (nSPS) is 14.8. The zero-order valence-corrected chi connectivity index (χ0v) is 17.7. The van der Waals surface area contributed by atoms with Crippen LogP contribution in [0.3, 0.4) is 0 Å². The molecular formula is C22H26N6S. The third-order valence-corrected chi connectivity index (χ3v) is 6.08. The fourth-order valence-corrected chi connectivity index (χ4v) is 4.00. The molecule has 0 amide bonds. The van der Waals surface area contributed by atoms with Crippen molar-refractivity contribution in [1.29, 1.82) is 0 Å². The molecule has 0 saturated carbocycles. The molecule has 3 aromatic rings. The fraction of sp³-hybridized carbons (Fsp3) is 0.318. The first-order valence-electron chi connectivity index (χ1n) is 9.85. The van der Waals surface area contributed by atoms with Crippen molar-refractivity contribution in [3.63, 3.8) is 0 Å². The van der Waals surface area contributed by atoms with Crippen LogP contribution in [0.25, 0.3) is 5.57 Å². The molecule has 0 atom stereocenters. The average Bonchev–Trinajstić information content (AvgIpc) is 3.40. The van der Waals surface area contributed by atoms with Gasteiger partial charge in [0.25, 0.3) is 0 Å². The molecule has 1 aromatic carbocycles. The summed E-state index contributed by atoms with van der Waals surface area (Å²) in [6.45, 7) is 5.03. The Balaban J connectivity index is 1.49. The molecule has 4 rings (SSSR count). The molecule has 150 valence electrons. The van der Waals surface area contributed by atoms with E-state index in [0.717, 1.165) is 43.7 Å². The molecule has 0 saturated heterocycles. The molecule has 1 N–H and O–H groups in total. The summed E-state index contributed by atoms with van der Waals surface area (Å²) < 4.78 is 1.99. The number of hydrogen-bond donors (Lipinski definition) is 1. The summed E-state index contributed by atoms with van der Waals surface area (Å²) in [5.74, 6) is 2.69. The predicted molar refractivity (Wildman–Crippen MR) is 119 cm³/mol. The SMILES string of the molecule is Cc1nnc(CN=C(NCc2cccs2)N2CC=C(c3ccccc3)CC2)n1C. The lowest BCUT2D eigenvalue weighted by molar-refractivity contribution is 0.438. The van der Waals surface area contributed by atoms with Gasteiger partial charge in [0.05, 0.1) is 6.54 Å². The number of aromatic nitrogens is 3. The number of guanidine groups is 1. The van der Waals surface area contributed by atoms with Crippen LogP contribution in [0.5, 0.6) is 0 Å². The van der Waals surface area contributed by atoms with Gasteiger partial charge in [-0.05, 0) is 35.9 Å². The van der Waals surface area contributed by atoms with E-state index in [1.54, 1.807) is 11.3 Å². The summed E-state index contributed by atoms with van der Waals surface area (Å²) in [4.78, 5) is 8.48. The number of aryl methyl sites for hydroxylation is 1. The van der Waals surface area contributed by atoms with E-state index in [2.05, 4.69) is 74.3 Å². The largest absolute Gasteiger partial charge is 0.351 e. The summed E-state index contributed by atoms with van der Waals surface area (Å²) in [6.07, 6.45) is 3.32. The topological polar surface area (TPSA) is 58.3 Å². The lowest BCUT2D eigenvalue weighted by atomic mass is 10.00. The van der Waals surface area contributed by atoms with E-state index in [0.29, 0.717) is 6.54 Å². The fourth-order valence-electron chi connectivity index (χ4n) is 3.36. The summed E-state index contributed by atoms with van der Waals surface area (Å²) >= 11 is 1.76. The first kappa shape index (κ1) is 19.4. The molecule has 0 unspecified atom stereocenters. The monoisotopic (exact) mass is 406 g/mol. The maximum absolute atomic E-state index is 4.87. The Labute approximate surface area is 175 Å². The molecule has 6 nitrogen and oxygen atoms in total. The van der Waals surface area contributed by atoms with E-state index in [1.807, 2.05) is 18.5 Å². The molecule has 0 radical (unpaired) electrons. The number of hydrogen-bond acceptors (Lipinski definition) is 4. The molecule has 0 aliphatic carbocycles. The van der Waals surface area contributed by atoms with Crippen molar-refractivity contribution in [2.45, 2.75) is 26.4 Å². The molecule has 3 heterocycles. The number of nitrogens with zero attached hydrogens (tertiary/aromatic N) is 5. The average molecular weight is 407 g/mol. The summed E-state index contributed by atoms with van der Waals surface area (Å²) in [5, 5.41) is 14.0. The number of thiophene rings is 1. The minimum atomic E-state index is 0.510. The van der Waals surface area contributed by atoms with Gasteiger partial charge in [0.1, 0.15) is 12.4 Å². The van der Waals surface area contributed by atoms with E-state index in [-0.39, 0.29) is 0 Å². The lowest BCUT2D eigenvalue weighted by Gasteiger charge is -2.30. The molecule has 1 aliphatic heterocycles. The predicted octanol–water partition coefficient (Wildman–Crippen LogP) is 3.62. The van der Waals surface area contributed by atoms with Crippen molar-refractivity contribution in [2.24, 2.45) is 12.0 Å². The van der Waals surface area contributed by atoms with E-state index in [9.17, 15) is 0 Å². The van der Waals surface area contributed by atoms with Crippen LogP contribution in [0.1, 0.15) is 28.5 Å². The van der Waals surface area contributed by atoms with Gasteiger partial charge in [-0.2, -0.15) is 0 Å². The Morgan fingerprint density at radius 2 is 2.03 bits per heavy atom. The summed E-state index contributed by atoms with van der Waals surface area (Å²) in [5.41, 5.74) is 2.72. The van der Waals surface area contributed by atoms with Gasteiger partial charge < -0.3 is 14.8 Å². The quantitative estimate of drug-likeness (QED) is 0.519. The van der Waals surface area contributed by atoms with Crippen molar-refractivity contribution in [3.8, 4) is 0 Å². The van der Waals surface area contributed by atoms with Crippen LogP contribution < -0.4 is 5.32 Å². The number of rotatable bonds is 5. The highest BCUT2D eigenvalue weighted by molar-refractivity contribution is 7.09. The second-order valence-electron chi connectivity index (χ2n) is 7.09. The Hall–Kier alpha value is -2.93. The molecule has 0 spiro atoms.